The number of aliphatic hydroxyl groups excluding tert-OH is 1. The van der Waals surface area contributed by atoms with Crippen LogP contribution in [0.2, 0.25) is 0 Å². The average molecular weight is 280 g/mol. The van der Waals surface area contributed by atoms with Gasteiger partial charge in [-0.3, -0.25) is 0 Å². The molecule has 2 aromatic rings. The lowest BCUT2D eigenvalue weighted by atomic mass is 9.72. The molecule has 0 aromatic heterocycles. The molecule has 1 nitrogen and oxygen atoms in total. The molecule has 1 heteroatoms. The Labute approximate surface area is 128 Å². The molecule has 2 atom stereocenters. The highest BCUT2D eigenvalue weighted by Gasteiger charge is 2.34. The molecule has 0 spiro atoms. The zero-order valence-electron chi connectivity index (χ0n) is 12.7. The van der Waals surface area contributed by atoms with Crippen LogP contribution in [0.15, 0.2) is 73.3 Å². The second-order valence-electron chi connectivity index (χ2n) is 5.50. The summed E-state index contributed by atoms with van der Waals surface area (Å²) in [5.74, 6) is 0. The third kappa shape index (κ3) is 3.43. The van der Waals surface area contributed by atoms with E-state index in [1.807, 2.05) is 42.5 Å². The molecule has 2 rings (SSSR count). The lowest BCUT2D eigenvalue weighted by molar-refractivity contribution is 0.0949. The van der Waals surface area contributed by atoms with Crippen LogP contribution in [0.25, 0.3) is 0 Å². The predicted molar refractivity (Wildman–Crippen MR) is 89.4 cm³/mol. The van der Waals surface area contributed by atoms with Gasteiger partial charge in [-0.2, -0.15) is 0 Å². The van der Waals surface area contributed by atoms with E-state index < -0.39 is 6.10 Å². The van der Waals surface area contributed by atoms with E-state index in [1.54, 1.807) is 0 Å². The van der Waals surface area contributed by atoms with Gasteiger partial charge in [0.15, 0.2) is 0 Å². The molecule has 21 heavy (non-hydrogen) atoms. The molecular formula is C20H24O. The zero-order chi connectivity index (χ0) is 15.1. The Morgan fingerprint density at radius 3 is 2.14 bits per heavy atom. The predicted octanol–water partition coefficient (Wildman–Crippen LogP) is 4.51. The van der Waals surface area contributed by atoms with Crippen LogP contribution in [0.5, 0.6) is 0 Å². The summed E-state index contributed by atoms with van der Waals surface area (Å²) in [4.78, 5) is 0. The zero-order valence-corrected chi connectivity index (χ0v) is 12.7. The summed E-state index contributed by atoms with van der Waals surface area (Å²) in [6, 6.07) is 20.5. The summed E-state index contributed by atoms with van der Waals surface area (Å²) in [5.41, 5.74) is 2.04. The fraction of sp³-hybridized carbons (Fsp3) is 0.300. The largest absolute Gasteiger partial charge is 0.392 e. The van der Waals surface area contributed by atoms with Gasteiger partial charge in [-0.15, -0.1) is 6.58 Å². The van der Waals surface area contributed by atoms with Crippen molar-refractivity contribution in [2.24, 2.45) is 0 Å². The molecule has 0 radical (unpaired) electrons. The topological polar surface area (TPSA) is 20.2 Å². The molecular weight excluding hydrogens is 256 g/mol. The standard InChI is InChI=1S/C20H24O/c1-3-20(4-2,18-13-9-6-10-14-18)19(21)16-15-17-11-7-5-8-12-17/h3,5-14,19,21H,1,4,15-16H2,2H3/t19-,20+/m1/s1. The van der Waals surface area contributed by atoms with Crippen LogP contribution in [0.3, 0.4) is 0 Å². The van der Waals surface area contributed by atoms with Crippen molar-refractivity contribution < 1.29 is 5.11 Å². The summed E-state index contributed by atoms with van der Waals surface area (Å²) in [6.45, 7) is 6.11. The molecule has 0 aliphatic rings. The molecule has 110 valence electrons. The SMILES string of the molecule is C=C[C@](CC)(c1ccccc1)[C@H](O)CCc1ccccc1. The highest BCUT2D eigenvalue weighted by Crippen LogP contribution is 2.35. The highest BCUT2D eigenvalue weighted by atomic mass is 16.3. The maximum atomic E-state index is 10.8. The molecule has 0 unspecified atom stereocenters. The lowest BCUT2D eigenvalue weighted by Crippen LogP contribution is -2.37. The van der Waals surface area contributed by atoms with Crippen molar-refractivity contribution in [2.45, 2.75) is 37.7 Å². The first-order valence-corrected chi connectivity index (χ1v) is 7.64. The number of rotatable bonds is 7. The van der Waals surface area contributed by atoms with Crippen LogP contribution in [0, 0.1) is 0 Å². The molecule has 0 heterocycles. The quantitative estimate of drug-likeness (QED) is 0.740. The van der Waals surface area contributed by atoms with Gasteiger partial charge in [-0.05, 0) is 30.4 Å². The van der Waals surface area contributed by atoms with Crippen molar-refractivity contribution in [1.82, 2.24) is 0 Å². The van der Waals surface area contributed by atoms with Crippen LogP contribution in [-0.4, -0.2) is 11.2 Å². The normalized spacial score (nSPS) is 15.1. The lowest BCUT2D eigenvalue weighted by Gasteiger charge is -2.35. The number of benzene rings is 2. The number of hydrogen-bond donors (Lipinski definition) is 1. The van der Waals surface area contributed by atoms with Crippen molar-refractivity contribution in [2.75, 3.05) is 0 Å². The maximum Gasteiger partial charge on any atom is 0.0674 e. The van der Waals surface area contributed by atoms with Crippen molar-refractivity contribution in [3.05, 3.63) is 84.4 Å². The Morgan fingerprint density at radius 1 is 1.05 bits per heavy atom. The minimum absolute atomic E-state index is 0.365. The number of hydrogen-bond acceptors (Lipinski definition) is 1. The third-order valence-electron chi connectivity index (χ3n) is 4.40. The summed E-state index contributed by atoms with van der Waals surface area (Å²) in [6.07, 6.45) is 3.94. The molecule has 0 saturated carbocycles. The number of aliphatic hydroxyl groups is 1. The molecule has 2 aromatic carbocycles. The van der Waals surface area contributed by atoms with Gasteiger partial charge >= 0.3 is 0 Å². The molecule has 0 saturated heterocycles. The van der Waals surface area contributed by atoms with Crippen LogP contribution in [-0.2, 0) is 11.8 Å². The summed E-state index contributed by atoms with van der Waals surface area (Å²) >= 11 is 0. The Kier molecular flexibility index (Phi) is 5.35. The minimum Gasteiger partial charge on any atom is -0.392 e. The van der Waals surface area contributed by atoms with Gasteiger partial charge in [0.05, 0.1) is 6.10 Å². The smallest absolute Gasteiger partial charge is 0.0674 e. The summed E-state index contributed by atoms with van der Waals surface area (Å²) in [5, 5.41) is 10.8. The third-order valence-corrected chi connectivity index (χ3v) is 4.40. The second-order valence-corrected chi connectivity index (χ2v) is 5.50. The second kappa shape index (κ2) is 7.24. The first-order valence-electron chi connectivity index (χ1n) is 7.64. The van der Waals surface area contributed by atoms with Gasteiger partial charge in [-0.25, -0.2) is 0 Å². The fourth-order valence-electron chi connectivity index (χ4n) is 2.98. The van der Waals surface area contributed by atoms with E-state index in [-0.39, 0.29) is 5.41 Å². The Bertz CT molecular complexity index is 547. The van der Waals surface area contributed by atoms with E-state index in [0.717, 1.165) is 24.8 Å². The highest BCUT2D eigenvalue weighted by molar-refractivity contribution is 5.32. The van der Waals surface area contributed by atoms with Crippen molar-refractivity contribution in [3.63, 3.8) is 0 Å². The van der Waals surface area contributed by atoms with Crippen LogP contribution in [0.1, 0.15) is 30.9 Å². The minimum atomic E-state index is -0.428. The van der Waals surface area contributed by atoms with E-state index in [1.165, 1.54) is 5.56 Å². The van der Waals surface area contributed by atoms with Crippen molar-refractivity contribution in [3.8, 4) is 0 Å². The van der Waals surface area contributed by atoms with E-state index in [2.05, 4.69) is 37.8 Å². The van der Waals surface area contributed by atoms with Crippen LogP contribution < -0.4 is 0 Å². The number of aryl methyl sites for hydroxylation is 1. The Hall–Kier alpha value is -1.86. The molecule has 0 aliphatic heterocycles. The summed E-state index contributed by atoms with van der Waals surface area (Å²) in [7, 11) is 0. The molecule has 0 bridgehead atoms. The van der Waals surface area contributed by atoms with E-state index >= 15 is 0 Å². The molecule has 0 fully saturated rings. The van der Waals surface area contributed by atoms with Gasteiger partial charge in [-0.1, -0.05) is 73.7 Å². The summed E-state index contributed by atoms with van der Waals surface area (Å²) < 4.78 is 0. The molecule has 0 aliphatic carbocycles. The first kappa shape index (κ1) is 15.5. The van der Waals surface area contributed by atoms with Crippen LogP contribution >= 0.6 is 0 Å². The van der Waals surface area contributed by atoms with Gasteiger partial charge in [0, 0.05) is 5.41 Å². The molecule has 1 N–H and O–H groups in total. The van der Waals surface area contributed by atoms with E-state index in [4.69, 9.17) is 0 Å². The Balaban J connectivity index is 2.16. The van der Waals surface area contributed by atoms with Crippen molar-refractivity contribution >= 4 is 0 Å². The maximum absolute atomic E-state index is 10.8. The fourth-order valence-corrected chi connectivity index (χ4v) is 2.98. The van der Waals surface area contributed by atoms with Gasteiger partial charge in [0.2, 0.25) is 0 Å². The van der Waals surface area contributed by atoms with E-state index in [0.29, 0.717) is 0 Å². The van der Waals surface area contributed by atoms with Crippen molar-refractivity contribution in [1.29, 1.82) is 0 Å². The van der Waals surface area contributed by atoms with Gasteiger partial charge in [0.25, 0.3) is 0 Å². The monoisotopic (exact) mass is 280 g/mol. The van der Waals surface area contributed by atoms with Crippen LogP contribution in [0.4, 0.5) is 0 Å². The van der Waals surface area contributed by atoms with Gasteiger partial charge < -0.3 is 5.11 Å². The van der Waals surface area contributed by atoms with E-state index in [9.17, 15) is 5.11 Å². The Morgan fingerprint density at radius 2 is 1.62 bits per heavy atom. The van der Waals surface area contributed by atoms with Gasteiger partial charge in [0.1, 0.15) is 0 Å². The first-order chi connectivity index (χ1) is 10.2. The molecule has 0 amide bonds. The average Bonchev–Trinajstić information content (AvgIpc) is 2.56.